The van der Waals surface area contributed by atoms with Crippen LogP contribution in [0, 0.1) is 6.92 Å². The number of hydrogen-bond acceptors (Lipinski definition) is 9. The molecule has 1 aliphatic rings. The lowest BCUT2D eigenvalue weighted by atomic mass is 9.95. The molecule has 0 aliphatic carbocycles. The van der Waals surface area contributed by atoms with E-state index in [9.17, 15) is 19.5 Å². The zero-order chi connectivity index (χ0) is 29.0. The van der Waals surface area contributed by atoms with Crippen LogP contribution in [0.1, 0.15) is 45.9 Å². The third kappa shape index (κ3) is 5.62. The van der Waals surface area contributed by atoms with E-state index >= 15 is 0 Å². The maximum absolute atomic E-state index is 13.5. The van der Waals surface area contributed by atoms with Crippen molar-refractivity contribution < 1.29 is 29.0 Å². The van der Waals surface area contributed by atoms with Gasteiger partial charge in [0.25, 0.3) is 5.78 Å². The summed E-state index contributed by atoms with van der Waals surface area (Å²) in [6.07, 6.45) is 2.26. The molecule has 1 fully saturated rings. The number of ether oxygens (including phenoxy) is 2. The Hall–Kier alpha value is -4.44. The van der Waals surface area contributed by atoms with Crippen LogP contribution in [0.4, 0.5) is 10.8 Å². The minimum Gasteiger partial charge on any atom is -0.507 e. The van der Waals surface area contributed by atoms with Gasteiger partial charge < -0.3 is 19.5 Å². The second-order valence-electron chi connectivity index (χ2n) is 9.33. The number of aliphatic hydroxyl groups excluding tert-OH is 1. The first-order valence-corrected chi connectivity index (χ1v) is 13.6. The fraction of sp³-hybridized carbons (Fsp3) is 0.267. The SMILES string of the molecule is C=CCOC(=O)c1sc(N2C(=O)C(=O)/C(=C(/O)c3cccc(OCCC)c3)C2c2ccc(N(C)C)cc2)nc1C. The summed E-state index contributed by atoms with van der Waals surface area (Å²) >= 11 is 0.949. The summed E-state index contributed by atoms with van der Waals surface area (Å²) in [5, 5.41) is 11.6. The average molecular weight is 562 g/mol. The van der Waals surface area contributed by atoms with E-state index in [2.05, 4.69) is 11.6 Å². The van der Waals surface area contributed by atoms with Crippen molar-refractivity contribution >= 4 is 45.6 Å². The molecule has 1 aromatic heterocycles. The molecule has 0 radical (unpaired) electrons. The third-order valence-electron chi connectivity index (χ3n) is 6.26. The van der Waals surface area contributed by atoms with Crippen LogP contribution in [0.2, 0.25) is 0 Å². The lowest BCUT2D eigenvalue weighted by Crippen LogP contribution is -2.29. The normalized spacial score (nSPS) is 16.2. The Morgan fingerprint density at radius 3 is 2.58 bits per heavy atom. The predicted octanol–water partition coefficient (Wildman–Crippen LogP) is 5.28. The summed E-state index contributed by atoms with van der Waals surface area (Å²) in [5.74, 6) is -2.12. The first-order valence-electron chi connectivity index (χ1n) is 12.7. The lowest BCUT2D eigenvalue weighted by Gasteiger charge is -2.23. The van der Waals surface area contributed by atoms with Gasteiger partial charge in [0, 0.05) is 25.3 Å². The van der Waals surface area contributed by atoms with Gasteiger partial charge in [-0.05, 0) is 43.2 Å². The summed E-state index contributed by atoms with van der Waals surface area (Å²) < 4.78 is 10.9. The fourth-order valence-electron chi connectivity index (χ4n) is 4.28. The number of rotatable bonds is 10. The molecule has 2 aromatic carbocycles. The molecule has 10 heteroatoms. The Kier molecular flexibility index (Phi) is 8.69. The van der Waals surface area contributed by atoms with Crippen LogP contribution in [0.15, 0.2) is 66.8 Å². The molecular formula is C30H31N3O6S. The van der Waals surface area contributed by atoms with Crippen LogP contribution in [0.25, 0.3) is 5.76 Å². The molecule has 40 heavy (non-hydrogen) atoms. The minimum atomic E-state index is -0.987. The van der Waals surface area contributed by atoms with E-state index in [4.69, 9.17) is 9.47 Å². The molecule has 1 amide bonds. The highest BCUT2D eigenvalue weighted by molar-refractivity contribution is 7.17. The highest BCUT2D eigenvalue weighted by Gasteiger charge is 2.48. The number of ketones is 1. The summed E-state index contributed by atoms with van der Waals surface area (Å²) in [4.78, 5) is 47.4. The number of benzene rings is 2. The average Bonchev–Trinajstić information content (AvgIpc) is 3.46. The van der Waals surface area contributed by atoms with Gasteiger partial charge >= 0.3 is 11.9 Å². The summed E-state index contributed by atoms with van der Waals surface area (Å²) in [7, 11) is 3.81. The van der Waals surface area contributed by atoms with Crippen LogP contribution >= 0.6 is 11.3 Å². The smallest absolute Gasteiger partial charge is 0.350 e. The van der Waals surface area contributed by atoms with Gasteiger partial charge in [0.1, 0.15) is 23.0 Å². The van der Waals surface area contributed by atoms with Gasteiger partial charge in [0.05, 0.1) is 23.9 Å². The van der Waals surface area contributed by atoms with Gasteiger partial charge in [-0.2, -0.15) is 0 Å². The highest BCUT2D eigenvalue weighted by Crippen LogP contribution is 2.44. The van der Waals surface area contributed by atoms with Gasteiger partial charge in [0.15, 0.2) is 5.13 Å². The van der Waals surface area contributed by atoms with Crippen molar-refractivity contribution in [2.75, 3.05) is 37.1 Å². The number of thiazole rings is 1. The standard InChI is InChI=1S/C30H31N3O6S/c1-6-15-38-22-10-8-9-20(17-22)25(34)23-24(19-11-13-21(14-12-19)32(4)5)33(28(36)26(23)35)30-31-18(3)27(40-30)29(37)39-16-7-2/h7-14,17,24,34H,2,6,15-16H2,1,3-5H3/b25-23+. The molecule has 1 atom stereocenters. The number of carbonyl (C=O) groups excluding carboxylic acids is 3. The molecule has 2 heterocycles. The van der Waals surface area contributed by atoms with E-state index in [1.165, 1.54) is 11.0 Å². The van der Waals surface area contributed by atoms with E-state index in [1.807, 2.05) is 38.1 Å². The predicted molar refractivity (Wildman–Crippen MR) is 155 cm³/mol. The number of carbonyl (C=O) groups is 3. The second kappa shape index (κ2) is 12.2. The molecule has 0 bridgehead atoms. The van der Waals surface area contributed by atoms with Gasteiger partial charge in [-0.3, -0.25) is 14.5 Å². The maximum Gasteiger partial charge on any atom is 0.350 e. The molecule has 0 spiro atoms. The quantitative estimate of drug-likeness (QED) is 0.117. The molecule has 3 aromatic rings. The number of Topliss-reactive ketones (excluding diaryl/α,β-unsaturated/α-hetero) is 1. The Morgan fingerprint density at radius 2 is 1.93 bits per heavy atom. The minimum absolute atomic E-state index is 0.0231. The fourth-order valence-corrected chi connectivity index (χ4v) is 5.27. The van der Waals surface area contributed by atoms with Crippen LogP contribution in [-0.2, 0) is 14.3 Å². The van der Waals surface area contributed by atoms with Crippen molar-refractivity contribution in [3.05, 3.63) is 88.5 Å². The Balaban J connectivity index is 1.86. The lowest BCUT2D eigenvalue weighted by molar-refractivity contribution is -0.132. The summed E-state index contributed by atoms with van der Waals surface area (Å²) in [5.41, 5.74) is 2.12. The number of nitrogens with zero attached hydrogens (tertiary/aromatic N) is 3. The maximum atomic E-state index is 13.5. The number of aromatic nitrogens is 1. The van der Waals surface area contributed by atoms with E-state index in [-0.39, 0.29) is 27.9 Å². The number of anilines is 2. The zero-order valence-electron chi connectivity index (χ0n) is 22.8. The topological polar surface area (TPSA) is 109 Å². The van der Waals surface area contributed by atoms with Crippen LogP contribution < -0.4 is 14.5 Å². The second-order valence-corrected chi connectivity index (χ2v) is 10.3. The molecule has 208 valence electrons. The highest BCUT2D eigenvalue weighted by atomic mass is 32.1. The van der Waals surface area contributed by atoms with E-state index in [0.717, 1.165) is 23.4 Å². The first-order chi connectivity index (χ1) is 19.2. The monoisotopic (exact) mass is 561 g/mol. The molecule has 1 N–H and O–H groups in total. The molecule has 9 nitrogen and oxygen atoms in total. The van der Waals surface area contributed by atoms with Gasteiger partial charge in [0.2, 0.25) is 0 Å². The number of aliphatic hydroxyl groups is 1. The Bertz CT molecular complexity index is 1470. The van der Waals surface area contributed by atoms with Gasteiger partial charge in [-0.25, -0.2) is 9.78 Å². The van der Waals surface area contributed by atoms with Crippen molar-refractivity contribution in [1.82, 2.24) is 4.98 Å². The van der Waals surface area contributed by atoms with Crippen LogP contribution in [0.5, 0.6) is 5.75 Å². The van der Waals surface area contributed by atoms with E-state index in [0.29, 0.717) is 29.2 Å². The Labute approximate surface area is 237 Å². The molecule has 4 rings (SSSR count). The number of amides is 1. The summed E-state index contributed by atoms with van der Waals surface area (Å²) in [6.45, 7) is 7.68. The molecule has 1 unspecified atom stereocenters. The van der Waals surface area contributed by atoms with E-state index in [1.54, 1.807) is 43.3 Å². The van der Waals surface area contributed by atoms with Crippen molar-refractivity contribution in [3.63, 3.8) is 0 Å². The molecule has 1 aliphatic heterocycles. The van der Waals surface area contributed by atoms with Crippen molar-refractivity contribution in [1.29, 1.82) is 0 Å². The van der Waals surface area contributed by atoms with Gasteiger partial charge in [-0.15, -0.1) is 0 Å². The van der Waals surface area contributed by atoms with Gasteiger partial charge in [-0.1, -0.05) is 55.2 Å². The number of esters is 1. The van der Waals surface area contributed by atoms with Crippen molar-refractivity contribution in [2.45, 2.75) is 26.3 Å². The van der Waals surface area contributed by atoms with Crippen molar-refractivity contribution in [3.8, 4) is 5.75 Å². The first kappa shape index (κ1) is 28.6. The Morgan fingerprint density at radius 1 is 1.20 bits per heavy atom. The third-order valence-corrected chi connectivity index (χ3v) is 7.40. The van der Waals surface area contributed by atoms with Crippen LogP contribution in [-0.4, -0.2) is 55.1 Å². The number of aryl methyl sites for hydroxylation is 1. The molecule has 1 saturated heterocycles. The number of hydrogen-bond donors (Lipinski definition) is 1. The largest absolute Gasteiger partial charge is 0.507 e. The van der Waals surface area contributed by atoms with E-state index < -0.39 is 23.7 Å². The summed E-state index contributed by atoms with van der Waals surface area (Å²) in [6, 6.07) is 13.1. The zero-order valence-corrected chi connectivity index (χ0v) is 23.7. The molecule has 0 saturated carbocycles. The molecular weight excluding hydrogens is 530 g/mol. The van der Waals surface area contributed by atoms with Crippen LogP contribution in [0.3, 0.4) is 0 Å². The van der Waals surface area contributed by atoms with Crippen molar-refractivity contribution in [2.24, 2.45) is 0 Å².